The van der Waals surface area contributed by atoms with E-state index in [4.69, 9.17) is 4.84 Å². The summed E-state index contributed by atoms with van der Waals surface area (Å²) in [7, 11) is -2.51. The van der Waals surface area contributed by atoms with Crippen LogP contribution in [0.1, 0.15) is 18.5 Å². The Kier molecular flexibility index (Phi) is 6.84. The quantitative estimate of drug-likeness (QED) is 0.505. The number of halogens is 2. The number of sulfonamides is 1. The fraction of sp³-hybridized carbons (Fsp3) is 0.333. The second-order valence-electron chi connectivity index (χ2n) is 6.48. The van der Waals surface area contributed by atoms with Crippen LogP contribution in [-0.2, 0) is 21.5 Å². The molecule has 1 aromatic heterocycles. The average molecular weight is 459 g/mol. The van der Waals surface area contributed by atoms with Crippen molar-refractivity contribution in [1.29, 1.82) is 0 Å². The molecule has 0 amide bonds. The summed E-state index contributed by atoms with van der Waals surface area (Å²) in [5.74, 6) is -3.51. The third-order valence-electron chi connectivity index (χ3n) is 4.23. The molecule has 1 atom stereocenters. The topological polar surface area (TPSA) is 101 Å². The van der Waals surface area contributed by atoms with Gasteiger partial charge in [0.15, 0.2) is 6.61 Å². The molecule has 1 N–H and O–H groups in total. The highest BCUT2D eigenvalue weighted by Crippen LogP contribution is 2.28. The molecule has 1 fully saturated rings. The molecule has 1 aromatic carbocycles. The molecule has 0 bridgehead atoms. The van der Waals surface area contributed by atoms with Crippen molar-refractivity contribution in [3.8, 4) is 11.5 Å². The van der Waals surface area contributed by atoms with E-state index in [0.29, 0.717) is 18.5 Å². The van der Waals surface area contributed by atoms with Crippen LogP contribution in [0.4, 0.5) is 8.78 Å². The summed E-state index contributed by atoms with van der Waals surface area (Å²) >= 11 is 0. The number of oxime groups is 1. The summed E-state index contributed by atoms with van der Waals surface area (Å²) in [6.45, 7) is 0.587. The van der Waals surface area contributed by atoms with E-state index in [1.165, 1.54) is 50.1 Å². The van der Waals surface area contributed by atoms with Crippen LogP contribution in [-0.4, -0.2) is 47.5 Å². The molecule has 3 rings (SSSR count). The second kappa shape index (κ2) is 9.20. The number of rotatable bonds is 7. The summed E-state index contributed by atoms with van der Waals surface area (Å²) in [4.78, 5) is 9.23. The Bertz CT molecular complexity index is 986. The van der Waals surface area contributed by atoms with Crippen LogP contribution in [0.25, 0.3) is 0 Å². The van der Waals surface area contributed by atoms with Gasteiger partial charge in [-0.2, -0.15) is 13.1 Å². The molecule has 0 radical (unpaired) electrons. The molecule has 30 heavy (non-hydrogen) atoms. The highest BCUT2D eigenvalue weighted by molar-refractivity contribution is 7.89. The van der Waals surface area contributed by atoms with Gasteiger partial charge in [-0.15, -0.1) is 0 Å². The van der Waals surface area contributed by atoms with Gasteiger partial charge >= 0.3 is 5.85 Å². The molecule has 2 aromatic rings. The number of aromatic hydroxyl groups is 1. The first-order valence-corrected chi connectivity index (χ1v) is 10.9. The van der Waals surface area contributed by atoms with E-state index in [0.717, 1.165) is 5.71 Å². The van der Waals surface area contributed by atoms with Gasteiger partial charge in [-0.1, -0.05) is 5.16 Å². The molecule has 0 aliphatic carbocycles. The smallest absolute Gasteiger partial charge is 0.408 e. The molecule has 1 unspecified atom stereocenters. The van der Waals surface area contributed by atoms with Crippen molar-refractivity contribution in [2.24, 2.45) is 5.16 Å². The molecular formula is C18H20F2N3O5PS. The fourth-order valence-corrected chi connectivity index (χ4v) is 4.33. The molecule has 1 aliphatic rings. The first kappa shape index (κ1) is 22.3. The number of hydrogen-bond acceptors (Lipinski definition) is 7. The van der Waals surface area contributed by atoms with Crippen LogP contribution in [0.3, 0.4) is 0 Å². The molecular weight excluding hydrogens is 439 g/mol. The van der Waals surface area contributed by atoms with E-state index in [9.17, 15) is 22.3 Å². The number of hydrogen-bond donors (Lipinski definition) is 1. The Morgan fingerprint density at radius 2 is 1.83 bits per heavy atom. The molecule has 162 valence electrons. The molecule has 1 saturated heterocycles. The van der Waals surface area contributed by atoms with Crippen molar-refractivity contribution in [1.82, 2.24) is 9.29 Å². The van der Waals surface area contributed by atoms with Crippen LogP contribution < -0.4 is 4.74 Å². The molecule has 2 heterocycles. The Hall–Kier alpha value is -2.36. The minimum atomic E-state index is -3.76. The third-order valence-corrected chi connectivity index (χ3v) is 6.26. The molecule has 0 spiro atoms. The predicted molar refractivity (Wildman–Crippen MR) is 108 cm³/mol. The van der Waals surface area contributed by atoms with Gasteiger partial charge in [0.25, 0.3) is 0 Å². The van der Waals surface area contributed by atoms with Gasteiger partial charge in [-0.05, 0) is 45.6 Å². The summed E-state index contributed by atoms with van der Waals surface area (Å²) in [6.07, 6.45) is 2.12. The van der Waals surface area contributed by atoms with E-state index in [1.54, 1.807) is 6.07 Å². The Balaban J connectivity index is 1.54. The Morgan fingerprint density at radius 1 is 1.17 bits per heavy atom. The lowest BCUT2D eigenvalue weighted by Crippen LogP contribution is -2.38. The second-order valence-corrected chi connectivity index (χ2v) is 9.09. The third kappa shape index (κ3) is 6.07. The van der Waals surface area contributed by atoms with E-state index < -0.39 is 15.9 Å². The average Bonchev–Trinajstić information content (AvgIpc) is 2.69. The summed E-state index contributed by atoms with van der Waals surface area (Å²) < 4.78 is 56.9. The minimum absolute atomic E-state index is 0.00281. The number of pyridine rings is 1. The van der Waals surface area contributed by atoms with Gasteiger partial charge in [0.2, 0.25) is 10.0 Å². The normalized spacial score (nSPS) is 15.6. The molecule has 1 aliphatic heterocycles. The van der Waals surface area contributed by atoms with Crippen molar-refractivity contribution in [2.75, 3.05) is 13.1 Å². The van der Waals surface area contributed by atoms with Gasteiger partial charge < -0.3 is 14.7 Å². The maximum atomic E-state index is 12.9. The summed E-state index contributed by atoms with van der Waals surface area (Å²) in [5.41, 5.74) is 1.33. The first-order valence-electron chi connectivity index (χ1n) is 8.91. The van der Waals surface area contributed by atoms with E-state index in [1.807, 2.05) is 0 Å². The van der Waals surface area contributed by atoms with Crippen LogP contribution in [0.5, 0.6) is 11.5 Å². The summed E-state index contributed by atoms with van der Waals surface area (Å²) in [6, 6.07) is 7.95. The van der Waals surface area contributed by atoms with Crippen molar-refractivity contribution in [3.63, 3.8) is 0 Å². The number of benzene rings is 1. The number of ether oxygens (including phenoxy) is 1. The standard InChI is InChI=1S/C18H20F2N3O5PS/c19-18(20,29)28-16-3-5-17(6-4-16)30(25,26)23-9-7-13(8-10-23)22-27-12-14-1-2-15(24)11-21-14/h1-6,11,24H,7-10,12,29H2. The van der Waals surface area contributed by atoms with E-state index in [2.05, 4.69) is 14.9 Å². The van der Waals surface area contributed by atoms with Crippen molar-refractivity contribution < 1.29 is 31.9 Å². The van der Waals surface area contributed by atoms with Gasteiger partial charge in [0.05, 0.1) is 22.5 Å². The fourth-order valence-electron chi connectivity index (χ4n) is 2.75. The number of nitrogens with zero attached hydrogens (tertiary/aromatic N) is 3. The zero-order valence-corrected chi connectivity index (χ0v) is 17.7. The van der Waals surface area contributed by atoms with E-state index >= 15 is 0 Å². The van der Waals surface area contributed by atoms with E-state index in [-0.39, 0.29) is 36.1 Å². The Labute approximate surface area is 174 Å². The molecule has 12 heteroatoms. The van der Waals surface area contributed by atoms with Gasteiger partial charge in [-0.25, -0.2) is 8.42 Å². The highest BCUT2D eigenvalue weighted by atomic mass is 32.2. The highest BCUT2D eigenvalue weighted by Gasteiger charge is 2.29. The largest absolute Gasteiger partial charge is 0.506 e. The predicted octanol–water partition coefficient (Wildman–Crippen LogP) is 2.95. The van der Waals surface area contributed by atoms with Gasteiger partial charge in [0.1, 0.15) is 11.5 Å². The lowest BCUT2D eigenvalue weighted by molar-refractivity contribution is -0.0892. The molecule has 0 saturated carbocycles. The van der Waals surface area contributed by atoms with Gasteiger partial charge in [0, 0.05) is 25.9 Å². The zero-order valence-electron chi connectivity index (χ0n) is 15.7. The number of aromatic nitrogens is 1. The molecule has 8 nitrogen and oxygen atoms in total. The summed E-state index contributed by atoms with van der Waals surface area (Å²) in [5, 5.41) is 13.2. The zero-order chi connectivity index (χ0) is 21.8. The Morgan fingerprint density at radius 3 is 2.40 bits per heavy atom. The van der Waals surface area contributed by atoms with Crippen LogP contribution in [0.15, 0.2) is 52.6 Å². The SMILES string of the molecule is O=S(=O)(c1ccc(OC(F)(F)P)cc1)N1CCC(=NOCc2ccc(O)cn2)CC1. The maximum absolute atomic E-state index is 12.9. The van der Waals surface area contributed by atoms with Crippen LogP contribution >= 0.6 is 9.24 Å². The number of piperidine rings is 1. The first-order chi connectivity index (χ1) is 14.1. The lowest BCUT2D eigenvalue weighted by atomic mass is 10.1. The van der Waals surface area contributed by atoms with Crippen molar-refractivity contribution >= 4 is 25.0 Å². The van der Waals surface area contributed by atoms with Gasteiger partial charge in [-0.3, -0.25) is 4.98 Å². The van der Waals surface area contributed by atoms with Crippen LogP contribution in [0.2, 0.25) is 0 Å². The maximum Gasteiger partial charge on any atom is 0.408 e. The van der Waals surface area contributed by atoms with Crippen molar-refractivity contribution in [3.05, 3.63) is 48.3 Å². The van der Waals surface area contributed by atoms with Crippen LogP contribution in [0, 0.1) is 0 Å². The lowest BCUT2D eigenvalue weighted by Gasteiger charge is -2.26. The number of alkyl halides is 2. The van der Waals surface area contributed by atoms with Crippen molar-refractivity contribution in [2.45, 2.75) is 30.2 Å². The monoisotopic (exact) mass is 459 g/mol. The minimum Gasteiger partial charge on any atom is -0.506 e.